The Balaban J connectivity index is 1.68. The summed E-state index contributed by atoms with van der Waals surface area (Å²) in [4.78, 5) is 26.3. The number of allylic oxidation sites excluding steroid dienone is 4. The minimum atomic E-state index is -4.53. The number of ketones is 1. The highest BCUT2D eigenvalue weighted by Gasteiger charge is 2.44. The number of fused-ring (bicyclic) bond motifs is 2. The van der Waals surface area contributed by atoms with E-state index < -0.39 is 35.4 Å². The highest BCUT2D eigenvalue weighted by molar-refractivity contribution is 6.01. The Bertz CT molecular complexity index is 1430. The van der Waals surface area contributed by atoms with Crippen LogP contribution in [0.2, 0.25) is 0 Å². The second kappa shape index (κ2) is 8.11. The monoisotopic (exact) mass is 484 g/mol. The topological polar surface area (TPSA) is 62.5 Å². The van der Waals surface area contributed by atoms with Crippen molar-refractivity contribution in [2.24, 2.45) is 5.92 Å². The molecule has 1 aromatic heterocycles. The number of halogens is 4. The predicted octanol–water partition coefficient (Wildman–Crippen LogP) is 5.44. The third-order valence-corrected chi connectivity index (χ3v) is 6.70. The van der Waals surface area contributed by atoms with Gasteiger partial charge < -0.3 is 14.6 Å². The standard InChI is InChI=1S/C26H20F4N2O3/c1-14-25(18-11-17(27)8-9-20(18)31(14)13-23(34)35)32-12-19(24-21(32)6-3-7-22(24)33)15-4-2-5-16(10-15)26(28,29)30/h2-11,19,24H,12-13H2,1H3,(H,34,35). The lowest BCUT2D eigenvalue weighted by molar-refractivity contribution is -0.138. The van der Waals surface area contributed by atoms with Crippen molar-refractivity contribution in [1.82, 2.24) is 4.57 Å². The molecule has 2 unspecified atom stereocenters. The van der Waals surface area contributed by atoms with Crippen LogP contribution in [0.25, 0.3) is 10.9 Å². The zero-order valence-electron chi connectivity index (χ0n) is 18.5. The highest BCUT2D eigenvalue weighted by Crippen LogP contribution is 2.48. The van der Waals surface area contributed by atoms with Crippen LogP contribution in [0.3, 0.4) is 0 Å². The van der Waals surface area contributed by atoms with Crippen molar-refractivity contribution in [2.75, 3.05) is 11.4 Å². The van der Waals surface area contributed by atoms with E-state index >= 15 is 0 Å². The van der Waals surface area contributed by atoms with Gasteiger partial charge in [0.15, 0.2) is 5.78 Å². The lowest BCUT2D eigenvalue weighted by Gasteiger charge is -2.23. The molecule has 2 aromatic carbocycles. The summed E-state index contributed by atoms with van der Waals surface area (Å²) in [6.45, 7) is 1.54. The number of aliphatic carboxylic acids is 1. The first-order valence-corrected chi connectivity index (χ1v) is 10.9. The SMILES string of the molecule is Cc1c(N2CC(c3cccc(C(F)(F)F)c3)C3C(=O)C=CC=C32)c2cc(F)ccc2n1CC(=O)O. The molecule has 2 aliphatic rings. The van der Waals surface area contributed by atoms with Crippen LogP contribution in [0.4, 0.5) is 23.2 Å². The quantitative estimate of drug-likeness (QED) is 0.502. The minimum absolute atomic E-state index is 0.175. The Morgan fingerprint density at radius 2 is 1.94 bits per heavy atom. The molecular weight excluding hydrogens is 464 g/mol. The lowest BCUT2D eigenvalue weighted by atomic mass is 9.82. The van der Waals surface area contributed by atoms with Crippen LogP contribution in [-0.2, 0) is 22.3 Å². The summed E-state index contributed by atoms with van der Waals surface area (Å²) in [5, 5.41) is 9.89. The molecule has 180 valence electrons. The summed E-state index contributed by atoms with van der Waals surface area (Å²) in [5.74, 6) is -3.10. The van der Waals surface area contributed by atoms with E-state index in [0.29, 0.717) is 33.5 Å². The van der Waals surface area contributed by atoms with Crippen molar-refractivity contribution in [3.63, 3.8) is 0 Å². The van der Waals surface area contributed by atoms with Crippen LogP contribution >= 0.6 is 0 Å². The third-order valence-electron chi connectivity index (χ3n) is 6.70. The molecule has 3 aromatic rings. The molecule has 1 aliphatic heterocycles. The average Bonchev–Trinajstić information content (AvgIpc) is 3.29. The summed E-state index contributed by atoms with van der Waals surface area (Å²) in [5.41, 5.74) is 1.77. The molecule has 1 fully saturated rings. The molecule has 1 saturated heterocycles. The fourth-order valence-corrected chi connectivity index (χ4v) is 5.24. The van der Waals surface area contributed by atoms with Crippen LogP contribution in [0, 0.1) is 18.7 Å². The van der Waals surface area contributed by atoms with Gasteiger partial charge in [0.05, 0.1) is 22.7 Å². The van der Waals surface area contributed by atoms with Crippen molar-refractivity contribution >= 4 is 28.3 Å². The van der Waals surface area contributed by atoms with Crippen LogP contribution in [-0.4, -0.2) is 28.0 Å². The molecule has 0 saturated carbocycles. The summed E-state index contributed by atoms with van der Waals surface area (Å²) < 4.78 is 56.0. The lowest BCUT2D eigenvalue weighted by Crippen LogP contribution is -2.22. The Morgan fingerprint density at radius 1 is 1.17 bits per heavy atom. The van der Waals surface area contributed by atoms with Crippen molar-refractivity contribution in [1.29, 1.82) is 0 Å². The van der Waals surface area contributed by atoms with Crippen LogP contribution in [0.15, 0.2) is 66.4 Å². The van der Waals surface area contributed by atoms with Gasteiger partial charge >= 0.3 is 12.1 Å². The van der Waals surface area contributed by atoms with Gasteiger partial charge in [-0.15, -0.1) is 0 Å². The largest absolute Gasteiger partial charge is 0.480 e. The van der Waals surface area contributed by atoms with Gasteiger partial charge in [-0.1, -0.05) is 24.3 Å². The van der Waals surface area contributed by atoms with Crippen molar-refractivity contribution < 1.29 is 32.3 Å². The Labute approximate surface area is 197 Å². The van der Waals surface area contributed by atoms with Gasteiger partial charge in [0, 0.05) is 29.2 Å². The van der Waals surface area contributed by atoms with Crippen molar-refractivity contribution in [2.45, 2.75) is 25.6 Å². The number of alkyl halides is 3. The van der Waals surface area contributed by atoms with E-state index in [-0.39, 0.29) is 18.9 Å². The van der Waals surface area contributed by atoms with Gasteiger partial charge in [0.1, 0.15) is 12.4 Å². The number of rotatable bonds is 4. The van der Waals surface area contributed by atoms with Crippen LogP contribution in [0.1, 0.15) is 22.7 Å². The predicted molar refractivity (Wildman–Crippen MR) is 122 cm³/mol. The van der Waals surface area contributed by atoms with Crippen LogP contribution in [0.5, 0.6) is 0 Å². The van der Waals surface area contributed by atoms with Crippen molar-refractivity contribution in [3.05, 3.63) is 89.0 Å². The smallest absolute Gasteiger partial charge is 0.416 e. The number of hydrogen-bond donors (Lipinski definition) is 1. The first kappa shape index (κ1) is 22.9. The number of anilines is 1. The molecule has 35 heavy (non-hydrogen) atoms. The number of aromatic nitrogens is 1. The number of benzene rings is 2. The molecule has 0 spiro atoms. The molecule has 0 radical (unpaired) electrons. The minimum Gasteiger partial charge on any atom is -0.480 e. The van der Waals surface area contributed by atoms with Crippen LogP contribution < -0.4 is 4.90 Å². The molecule has 5 rings (SSSR count). The fraction of sp³-hybridized carbons (Fsp3) is 0.231. The second-order valence-electron chi connectivity index (χ2n) is 8.75. The van der Waals surface area contributed by atoms with E-state index in [1.54, 1.807) is 29.7 Å². The number of carboxylic acids is 1. The zero-order valence-corrected chi connectivity index (χ0v) is 18.5. The number of hydrogen-bond acceptors (Lipinski definition) is 3. The molecule has 1 N–H and O–H groups in total. The summed E-state index contributed by atoms with van der Waals surface area (Å²) >= 11 is 0. The highest BCUT2D eigenvalue weighted by atomic mass is 19.4. The van der Waals surface area contributed by atoms with E-state index in [0.717, 1.165) is 12.1 Å². The number of carboxylic acid groups (broad SMARTS) is 1. The number of nitrogens with zero attached hydrogens (tertiary/aromatic N) is 2. The van der Waals surface area contributed by atoms with E-state index in [4.69, 9.17) is 0 Å². The first-order valence-electron chi connectivity index (χ1n) is 10.9. The molecular formula is C26H20F4N2O3. The maximum absolute atomic E-state index is 14.3. The Hall–Kier alpha value is -3.88. The second-order valence-corrected chi connectivity index (χ2v) is 8.75. The van der Waals surface area contributed by atoms with Gasteiger partial charge in [-0.05, 0) is 48.9 Å². The molecule has 2 atom stereocenters. The Morgan fingerprint density at radius 3 is 2.66 bits per heavy atom. The zero-order chi connectivity index (χ0) is 25.1. The maximum Gasteiger partial charge on any atom is 0.416 e. The first-order chi connectivity index (χ1) is 16.6. The van der Waals surface area contributed by atoms with Gasteiger partial charge in [-0.3, -0.25) is 9.59 Å². The van der Waals surface area contributed by atoms with E-state index in [2.05, 4.69) is 0 Å². The normalized spacial score (nSPS) is 19.9. The summed E-state index contributed by atoms with van der Waals surface area (Å²) in [6.07, 6.45) is 0.196. The van der Waals surface area contributed by atoms with Gasteiger partial charge in [-0.2, -0.15) is 13.2 Å². The van der Waals surface area contributed by atoms with Gasteiger partial charge in [0.2, 0.25) is 0 Å². The molecule has 9 heteroatoms. The molecule has 5 nitrogen and oxygen atoms in total. The summed E-state index contributed by atoms with van der Waals surface area (Å²) in [7, 11) is 0. The summed E-state index contributed by atoms with van der Waals surface area (Å²) in [6, 6.07) is 9.01. The number of carbonyl (C=O) groups is 2. The molecule has 0 amide bonds. The molecule has 0 bridgehead atoms. The van der Waals surface area contributed by atoms with E-state index in [1.165, 1.54) is 30.3 Å². The third kappa shape index (κ3) is 3.80. The average molecular weight is 484 g/mol. The number of carbonyl (C=O) groups excluding carboxylic acids is 1. The molecule has 2 heterocycles. The Kier molecular flexibility index (Phi) is 5.30. The fourth-order valence-electron chi connectivity index (χ4n) is 5.24. The van der Waals surface area contributed by atoms with E-state index in [1.807, 2.05) is 4.90 Å². The van der Waals surface area contributed by atoms with Gasteiger partial charge in [-0.25, -0.2) is 4.39 Å². The molecule has 1 aliphatic carbocycles. The van der Waals surface area contributed by atoms with Crippen molar-refractivity contribution in [3.8, 4) is 0 Å². The van der Waals surface area contributed by atoms with Gasteiger partial charge in [0.25, 0.3) is 0 Å². The van der Waals surface area contributed by atoms with E-state index in [9.17, 15) is 32.3 Å². The maximum atomic E-state index is 14.3.